The minimum atomic E-state index is -1.25. The molecular weight excluding hydrogens is 557 g/mol. The highest BCUT2D eigenvalue weighted by atomic mass is 127. The number of carboxylic acid groups (broad SMARTS) is 1. The van der Waals surface area contributed by atoms with Crippen LogP contribution in [-0.2, 0) is 16.2 Å². The van der Waals surface area contributed by atoms with Crippen LogP contribution in [0.25, 0.3) is 16.8 Å². The third-order valence-corrected chi connectivity index (χ3v) is 6.62. The summed E-state index contributed by atoms with van der Waals surface area (Å²) in [4.78, 5) is 36.2. The molecule has 168 valence electrons. The molecule has 4 rings (SSSR count). The summed E-state index contributed by atoms with van der Waals surface area (Å²) in [7, 11) is 1.53. The van der Waals surface area contributed by atoms with E-state index in [1.54, 1.807) is 12.1 Å². The molecule has 0 bridgehead atoms. The lowest BCUT2D eigenvalue weighted by Gasteiger charge is -2.14. The molecule has 3 aromatic rings. The van der Waals surface area contributed by atoms with Crippen LogP contribution in [0.1, 0.15) is 11.1 Å². The molecule has 0 aliphatic carbocycles. The van der Waals surface area contributed by atoms with Crippen LogP contribution in [0.15, 0.2) is 59.5 Å². The zero-order chi connectivity index (χ0) is 23.5. The van der Waals surface area contributed by atoms with Crippen LogP contribution in [0.5, 0.6) is 11.5 Å². The molecule has 1 aliphatic rings. The molecule has 0 saturated carbocycles. The van der Waals surface area contributed by atoms with Gasteiger partial charge in [0.1, 0.15) is 13.2 Å². The third kappa shape index (κ3) is 5.14. The fourth-order valence-corrected chi connectivity index (χ4v) is 4.99. The number of benzene rings is 3. The summed E-state index contributed by atoms with van der Waals surface area (Å²) < 4.78 is 12.3. The van der Waals surface area contributed by atoms with Gasteiger partial charge in [-0.15, -0.1) is 0 Å². The van der Waals surface area contributed by atoms with Gasteiger partial charge < -0.3 is 14.6 Å². The summed E-state index contributed by atoms with van der Waals surface area (Å²) >= 11 is 2.84. The smallest absolute Gasteiger partial charge is 0.323 e. The Balaban J connectivity index is 1.55. The van der Waals surface area contributed by atoms with Gasteiger partial charge in [0.15, 0.2) is 11.5 Å². The van der Waals surface area contributed by atoms with Crippen molar-refractivity contribution in [1.29, 1.82) is 0 Å². The van der Waals surface area contributed by atoms with E-state index < -0.39 is 23.7 Å². The molecule has 0 radical (unpaired) electrons. The van der Waals surface area contributed by atoms with Crippen LogP contribution < -0.4 is 9.47 Å². The van der Waals surface area contributed by atoms with Crippen molar-refractivity contribution in [2.75, 3.05) is 13.7 Å². The number of rotatable bonds is 7. The van der Waals surface area contributed by atoms with E-state index in [4.69, 9.17) is 14.6 Å². The number of carboxylic acids is 1. The molecule has 7 nitrogen and oxygen atoms in total. The molecule has 33 heavy (non-hydrogen) atoms. The fourth-order valence-electron chi connectivity index (χ4n) is 3.37. The lowest BCUT2D eigenvalue weighted by molar-refractivity contribution is -0.140. The van der Waals surface area contributed by atoms with Gasteiger partial charge in [0.05, 0.1) is 15.6 Å². The van der Waals surface area contributed by atoms with Crippen LogP contribution in [-0.4, -0.2) is 40.8 Å². The molecule has 3 aromatic carbocycles. The third-order valence-electron chi connectivity index (χ3n) is 4.91. The van der Waals surface area contributed by atoms with Crippen molar-refractivity contribution in [2.45, 2.75) is 6.61 Å². The quantitative estimate of drug-likeness (QED) is 0.308. The van der Waals surface area contributed by atoms with E-state index in [2.05, 4.69) is 46.9 Å². The maximum Gasteiger partial charge on any atom is 0.323 e. The first-order valence-corrected chi connectivity index (χ1v) is 11.7. The molecule has 1 saturated heterocycles. The number of methoxy groups -OCH3 is 1. The summed E-state index contributed by atoms with van der Waals surface area (Å²) in [6, 6.07) is 17.8. The molecule has 1 fully saturated rings. The maximum atomic E-state index is 12.4. The Morgan fingerprint density at radius 1 is 1.12 bits per heavy atom. The van der Waals surface area contributed by atoms with Crippen molar-refractivity contribution in [1.82, 2.24) is 4.90 Å². The molecule has 0 unspecified atom stereocenters. The van der Waals surface area contributed by atoms with E-state index in [1.807, 2.05) is 24.3 Å². The van der Waals surface area contributed by atoms with E-state index in [1.165, 1.54) is 7.11 Å². The zero-order valence-electron chi connectivity index (χ0n) is 17.4. The number of ether oxygens (including phenoxy) is 2. The maximum absolute atomic E-state index is 12.4. The van der Waals surface area contributed by atoms with Gasteiger partial charge in [0.25, 0.3) is 11.1 Å². The van der Waals surface area contributed by atoms with Crippen molar-refractivity contribution in [3.63, 3.8) is 0 Å². The first-order valence-electron chi connectivity index (χ1n) is 9.81. The van der Waals surface area contributed by atoms with Crippen LogP contribution >= 0.6 is 34.4 Å². The second kappa shape index (κ2) is 9.84. The molecule has 0 atom stereocenters. The monoisotopic (exact) mass is 575 g/mol. The van der Waals surface area contributed by atoms with E-state index in [0.29, 0.717) is 40.3 Å². The number of hydrogen-bond donors (Lipinski definition) is 1. The van der Waals surface area contributed by atoms with Gasteiger partial charge >= 0.3 is 5.97 Å². The van der Waals surface area contributed by atoms with Crippen LogP contribution in [0.3, 0.4) is 0 Å². The van der Waals surface area contributed by atoms with Gasteiger partial charge in [-0.1, -0.05) is 36.4 Å². The number of thioether (sulfide) groups is 1. The second-order valence-electron chi connectivity index (χ2n) is 7.17. The first-order chi connectivity index (χ1) is 15.9. The van der Waals surface area contributed by atoms with E-state index in [0.717, 1.165) is 19.9 Å². The van der Waals surface area contributed by atoms with Crippen molar-refractivity contribution in [3.8, 4) is 11.5 Å². The van der Waals surface area contributed by atoms with Gasteiger partial charge in [0.2, 0.25) is 0 Å². The first kappa shape index (κ1) is 23.1. The highest BCUT2D eigenvalue weighted by Gasteiger charge is 2.36. The van der Waals surface area contributed by atoms with Gasteiger partial charge in [-0.25, -0.2) is 0 Å². The van der Waals surface area contributed by atoms with Crippen LogP contribution in [0.4, 0.5) is 4.79 Å². The largest absolute Gasteiger partial charge is 0.493 e. The van der Waals surface area contributed by atoms with Crippen molar-refractivity contribution in [3.05, 3.63) is 74.2 Å². The fraction of sp³-hybridized carbons (Fsp3) is 0.125. The Morgan fingerprint density at radius 3 is 2.61 bits per heavy atom. The van der Waals surface area contributed by atoms with Gasteiger partial charge in [-0.2, -0.15) is 0 Å². The van der Waals surface area contributed by atoms with E-state index in [-0.39, 0.29) is 4.91 Å². The minimum Gasteiger partial charge on any atom is -0.493 e. The highest BCUT2D eigenvalue weighted by molar-refractivity contribution is 14.1. The number of fused-ring (bicyclic) bond motifs is 1. The molecular formula is C24H18INO6S. The number of carbonyl (C=O) groups is 3. The predicted molar refractivity (Wildman–Crippen MR) is 134 cm³/mol. The average Bonchev–Trinajstić information content (AvgIpc) is 3.04. The number of carbonyl (C=O) groups excluding carboxylic acids is 2. The molecule has 1 aliphatic heterocycles. The van der Waals surface area contributed by atoms with E-state index >= 15 is 0 Å². The Labute approximate surface area is 207 Å². The Morgan fingerprint density at radius 2 is 1.88 bits per heavy atom. The van der Waals surface area contributed by atoms with Crippen molar-refractivity contribution < 1.29 is 29.0 Å². The Bertz CT molecular complexity index is 1310. The summed E-state index contributed by atoms with van der Waals surface area (Å²) in [5, 5.41) is 10.6. The standard InChI is InChI=1S/C24H18INO6S/c1-31-19-10-15(11-20-23(29)26(12-21(27)28)24(30)33-20)9-18(25)22(19)32-13-14-6-7-16-4-2-3-5-17(16)8-14/h2-11H,12-13H2,1H3,(H,27,28)/b20-11+. The number of aliphatic carboxylic acids is 1. The number of halogens is 1. The molecule has 1 heterocycles. The molecule has 0 spiro atoms. The number of hydrogen-bond acceptors (Lipinski definition) is 6. The topological polar surface area (TPSA) is 93.1 Å². The van der Waals surface area contributed by atoms with Gasteiger partial charge in [-0.05, 0) is 80.5 Å². The average molecular weight is 575 g/mol. The summed E-state index contributed by atoms with van der Waals surface area (Å²) in [6.45, 7) is -0.310. The molecule has 2 amide bonds. The Kier molecular flexibility index (Phi) is 6.89. The molecule has 0 aromatic heterocycles. The zero-order valence-corrected chi connectivity index (χ0v) is 20.4. The van der Waals surface area contributed by atoms with Crippen molar-refractivity contribution in [2.24, 2.45) is 0 Å². The Hall–Kier alpha value is -3.05. The summed E-state index contributed by atoms with van der Waals surface area (Å²) in [6.07, 6.45) is 1.55. The normalized spacial score (nSPS) is 14.8. The minimum absolute atomic E-state index is 0.156. The van der Waals surface area contributed by atoms with Crippen molar-refractivity contribution >= 4 is 68.3 Å². The van der Waals surface area contributed by atoms with Gasteiger partial charge in [0, 0.05) is 0 Å². The predicted octanol–water partition coefficient (Wildman–Crippen LogP) is 5.15. The summed E-state index contributed by atoms with van der Waals surface area (Å²) in [5.41, 5.74) is 1.65. The molecule has 9 heteroatoms. The molecule has 1 N–H and O–H groups in total. The lowest BCUT2D eigenvalue weighted by Crippen LogP contribution is -2.33. The number of nitrogens with zero attached hydrogens (tertiary/aromatic N) is 1. The van der Waals surface area contributed by atoms with E-state index in [9.17, 15) is 14.4 Å². The van der Waals surface area contributed by atoms with Crippen LogP contribution in [0.2, 0.25) is 0 Å². The van der Waals surface area contributed by atoms with Crippen LogP contribution in [0, 0.1) is 3.57 Å². The number of amides is 2. The van der Waals surface area contributed by atoms with Gasteiger partial charge in [-0.3, -0.25) is 19.3 Å². The summed E-state index contributed by atoms with van der Waals surface area (Å²) in [5.74, 6) is -0.818. The highest BCUT2D eigenvalue weighted by Crippen LogP contribution is 2.37. The number of imide groups is 1. The lowest BCUT2D eigenvalue weighted by atomic mass is 10.1. The SMILES string of the molecule is COc1cc(/C=C2/SC(=O)N(CC(=O)O)C2=O)cc(I)c1OCc1ccc2ccccc2c1. The second-order valence-corrected chi connectivity index (χ2v) is 9.32.